The number of aromatic nitrogens is 1. The van der Waals surface area contributed by atoms with Gasteiger partial charge < -0.3 is 15.7 Å². The summed E-state index contributed by atoms with van der Waals surface area (Å²) in [7, 11) is 1.86. The maximum atomic E-state index is 9.34. The van der Waals surface area contributed by atoms with Gasteiger partial charge in [0.05, 0.1) is 12.1 Å². The van der Waals surface area contributed by atoms with Gasteiger partial charge in [-0.15, -0.1) is 0 Å². The molecule has 0 unspecified atom stereocenters. The lowest BCUT2D eigenvalue weighted by atomic mass is 10.0. The smallest absolute Gasteiger partial charge is 0.129 e. The molecular formula is C12H20N4O. The second kappa shape index (κ2) is 4.71. The molecule has 0 aliphatic heterocycles. The molecule has 1 rings (SSSR count). The van der Waals surface area contributed by atoms with Crippen molar-refractivity contribution in [1.29, 1.82) is 5.41 Å². The highest BCUT2D eigenvalue weighted by atomic mass is 16.3. The van der Waals surface area contributed by atoms with Crippen LogP contribution in [0.5, 0.6) is 0 Å². The van der Waals surface area contributed by atoms with E-state index in [0.29, 0.717) is 11.4 Å². The quantitative estimate of drug-likeness (QED) is 0.535. The summed E-state index contributed by atoms with van der Waals surface area (Å²) in [5, 5.41) is 16.8. The van der Waals surface area contributed by atoms with Crippen LogP contribution in [0.25, 0.3) is 0 Å². The molecule has 1 aromatic rings. The first-order valence-electron chi connectivity index (χ1n) is 5.45. The lowest BCUT2D eigenvalue weighted by molar-refractivity contribution is 0.215. The van der Waals surface area contributed by atoms with Gasteiger partial charge in [-0.1, -0.05) is 0 Å². The third-order valence-electron chi connectivity index (χ3n) is 2.89. The van der Waals surface area contributed by atoms with E-state index >= 15 is 0 Å². The lowest BCUT2D eigenvalue weighted by Crippen LogP contribution is -2.45. The summed E-state index contributed by atoms with van der Waals surface area (Å²) in [6, 6.07) is 3.53. The maximum absolute atomic E-state index is 9.34. The van der Waals surface area contributed by atoms with Crippen LogP contribution in [0, 0.1) is 12.3 Å². The summed E-state index contributed by atoms with van der Waals surface area (Å²) in [4.78, 5) is 6.27. The molecule has 0 saturated heterocycles. The number of nitrogens with one attached hydrogen (secondary N) is 1. The van der Waals surface area contributed by atoms with Crippen molar-refractivity contribution in [2.45, 2.75) is 26.3 Å². The van der Waals surface area contributed by atoms with Crippen molar-refractivity contribution in [1.82, 2.24) is 4.98 Å². The molecule has 0 amide bonds. The average Bonchev–Trinajstić information content (AvgIpc) is 2.27. The zero-order valence-electron chi connectivity index (χ0n) is 10.8. The molecule has 4 N–H and O–H groups in total. The van der Waals surface area contributed by atoms with Crippen molar-refractivity contribution in [3.8, 4) is 0 Å². The van der Waals surface area contributed by atoms with Crippen molar-refractivity contribution >= 4 is 11.7 Å². The topological polar surface area (TPSA) is 86.2 Å². The molecule has 17 heavy (non-hydrogen) atoms. The van der Waals surface area contributed by atoms with Crippen LogP contribution >= 0.6 is 0 Å². The van der Waals surface area contributed by atoms with Crippen LogP contribution in [0.15, 0.2) is 12.1 Å². The number of nitrogens with zero attached hydrogens (tertiary/aromatic N) is 2. The summed E-state index contributed by atoms with van der Waals surface area (Å²) in [6.07, 6.45) is 0. The Balaban J connectivity index is 3.18. The molecule has 5 nitrogen and oxygen atoms in total. The zero-order chi connectivity index (χ0) is 13.2. The van der Waals surface area contributed by atoms with Gasteiger partial charge in [0.2, 0.25) is 0 Å². The number of rotatable bonds is 4. The third-order valence-corrected chi connectivity index (χ3v) is 2.89. The Morgan fingerprint density at radius 3 is 2.59 bits per heavy atom. The van der Waals surface area contributed by atoms with Gasteiger partial charge in [0.1, 0.15) is 11.7 Å². The largest absolute Gasteiger partial charge is 0.394 e. The number of nitrogens with two attached hydrogens (primary N) is 1. The molecule has 5 heteroatoms. The number of pyridine rings is 1. The molecule has 0 radical (unpaired) electrons. The maximum Gasteiger partial charge on any atom is 0.129 e. The Labute approximate surface area is 102 Å². The number of likely N-dealkylation sites (N-methyl/N-ethyl adjacent to an activating group) is 1. The molecule has 0 aliphatic carbocycles. The van der Waals surface area contributed by atoms with Crippen LogP contribution < -0.4 is 10.6 Å². The second-order valence-corrected chi connectivity index (χ2v) is 4.80. The van der Waals surface area contributed by atoms with Crippen molar-refractivity contribution < 1.29 is 5.11 Å². The standard InChI is InChI=1S/C12H20N4O/c1-8-5-9(11(13)14)6-10(15-8)16(4)12(2,3)7-17/h5-6,17H,7H2,1-4H3,(H3,13,14). The van der Waals surface area contributed by atoms with Gasteiger partial charge in [-0.25, -0.2) is 4.98 Å². The third kappa shape index (κ3) is 2.94. The first-order chi connectivity index (χ1) is 7.77. The van der Waals surface area contributed by atoms with Gasteiger partial charge >= 0.3 is 0 Å². The first kappa shape index (κ1) is 13.4. The minimum absolute atomic E-state index is 0.0203. The van der Waals surface area contributed by atoms with E-state index in [1.165, 1.54) is 0 Å². The highest BCUT2D eigenvalue weighted by Crippen LogP contribution is 2.21. The second-order valence-electron chi connectivity index (χ2n) is 4.80. The van der Waals surface area contributed by atoms with Crippen LogP contribution in [0.1, 0.15) is 25.1 Å². The number of aliphatic hydroxyl groups excluding tert-OH is 1. The fourth-order valence-electron chi connectivity index (χ4n) is 1.39. The highest BCUT2D eigenvalue weighted by Gasteiger charge is 2.24. The molecule has 0 aliphatic rings. The molecule has 1 heterocycles. The van der Waals surface area contributed by atoms with Crippen molar-refractivity contribution in [3.05, 3.63) is 23.4 Å². The van der Waals surface area contributed by atoms with E-state index in [1.54, 1.807) is 12.1 Å². The van der Waals surface area contributed by atoms with Crippen molar-refractivity contribution in [3.63, 3.8) is 0 Å². The molecular weight excluding hydrogens is 216 g/mol. The Morgan fingerprint density at radius 1 is 1.53 bits per heavy atom. The highest BCUT2D eigenvalue weighted by molar-refractivity contribution is 5.95. The predicted molar refractivity (Wildman–Crippen MR) is 69.6 cm³/mol. The zero-order valence-corrected chi connectivity index (χ0v) is 10.8. The summed E-state index contributed by atoms with van der Waals surface area (Å²) >= 11 is 0. The number of anilines is 1. The van der Waals surface area contributed by atoms with Crippen LogP contribution in [-0.2, 0) is 0 Å². The molecule has 0 spiro atoms. The minimum Gasteiger partial charge on any atom is -0.394 e. The molecule has 1 aromatic heterocycles. The molecule has 0 bridgehead atoms. The normalized spacial score (nSPS) is 11.4. The van der Waals surface area contributed by atoms with Crippen molar-refractivity contribution in [2.24, 2.45) is 5.73 Å². The van der Waals surface area contributed by atoms with E-state index in [-0.39, 0.29) is 12.4 Å². The summed E-state index contributed by atoms with van der Waals surface area (Å²) in [5.74, 6) is 0.723. The Hall–Kier alpha value is -1.62. The summed E-state index contributed by atoms with van der Waals surface area (Å²) in [6.45, 7) is 5.72. The fourth-order valence-corrected chi connectivity index (χ4v) is 1.39. The molecule has 0 fully saturated rings. The lowest BCUT2D eigenvalue weighted by Gasteiger charge is -2.35. The number of nitrogen functional groups attached to an aromatic ring is 1. The van der Waals surface area contributed by atoms with E-state index in [2.05, 4.69) is 4.98 Å². The Bertz CT molecular complexity index is 429. The first-order valence-corrected chi connectivity index (χ1v) is 5.45. The summed E-state index contributed by atoms with van der Waals surface area (Å²) in [5.41, 5.74) is 6.52. The number of aliphatic hydroxyl groups is 1. The Kier molecular flexibility index (Phi) is 3.72. The minimum atomic E-state index is -0.408. The average molecular weight is 236 g/mol. The van der Waals surface area contributed by atoms with Crippen molar-refractivity contribution in [2.75, 3.05) is 18.6 Å². The number of aryl methyl sites for hydroxylation is 1. The van der Waals surface area contributed by atoms with Gasteiger partial charge in [0.15, 0.2) is 0 Å². The van der Waals surface area contributed by atoms with Gasteiger partial charge in [-0.3, -0.25) is 5.41 Å². The molecule has 0 aromatic carbocycles. The van der Waals surface area contributed by atoms with Gasteiger partial charge in [-0.2, -0.15) is 0 Å². The van der Waals surface area contributed by atoms with Crippen LogP contribution in [0.3, 0.4) is 0 Å². The SMILES string of the molecule is Cc1cc(C(=N)N)cc(N(C)C(C)(C)CO)n1. The van der Waals surface area contributed by atoms with E-state index in [4.69, 9.17) is 11.1 Å². The summed E-state index contributed by atoms with van der Waals surface area (Å²) < 4.78 is 0. The van der Waals surface area contributed by atoms with Gasteiger partial charge in [0, 0.05) is 18.3 Å². The predicted octanol–water partition coefficient (Wildman–Crippen LogP) is 0.881. The van der Waals surface area contributed by atoms with Gasteiger partial charge in [-0.05, 0) is 32.9 Å². The number of hydrogen-bond acceptors (Lipinski definition) is 4. The number of hydrogen-bond donors (Lipinski definition) is 3. The fraction of sp³-hybridized carbons (Fsp3) is 0.500. The van der Waals surface area contributed by atoms with Crippen LogP contribution in [0.4, 0.5) is 5.82 Å². The molecule has 0 atom stereocenters. The van der Waals surface area contributed by atoms with Crippen LogP contribution in [-0.4, -0.2) is 35.1 Å². The van der Waals surface area contributed by atoms with Crippen LogP contribution in [0.2, 0.25) is 0 Å². The Morgan fingerprint density at radius 2 is 2.12 bits per heavy atom. The van der Waals surface area contributed by atoms with E-state index in [1.807, 2.05) is 32.7 Å². The van der Waals surface area contributed by atoms with E-state index in [9.17, 15) is 5.11 Å². The number of amidine groups is 1. The monoisotopic (exact) mass is 236 g/mol. The molecule has 0 saturated carbocycles. The van der Waals surface area contributed by atoms with Gasteiger partial charge in [0.25, 0.3) is 0 Å². The van der Waals surface area contributed by atoms with E-state index in [0.717, 1.165) is 5.69 Å². The van der Waals surface area contributed by atoms with E-state index < -0.39 is 5.54 Å². The molecule has 94 valence electrons.